The summed E-state index contributed by atoms with van der Waals surface area (Å²) in [5, 5.41) is 0. The monoisotopic (exact) mass is 454 g/mol. The number of fused-ring (bicyclic) bond motifs is 2. The van der Waals surface area contributed by atoms with Gasteiger partial charge in [-0.2, -0.15) is 45.5 Å². The summed E-state index contributed by atoms with van der Waals surface area (Å²) in [6.07, 6.45) is 10.9. The van der Waals surface area contributed by atoms with Crippen LogP contribution in [0.15, 0.2) is 24.3 Å². The molecule has 138 valence electrons. The van der Waals surface area contributed by atoms with Crippen molar-refractivity contribution in [2.45, 2.75) is 72.1 Å². The molecule has 4 rings (SSSR count). The summed E-state index contributed by atoms with van der Waals surface area (Å²) in [6.45, 7) is 6.28. The quantitative estimate of drug-likeness (QED) is 0.378. The second-order valence-corrected chi connectivity index (χ2v) is 16.0. The van der Waals surface area contributed by atoms with E-state index in [2.05, 4.69) is 38.1 Å². The number of hydrogen-bond donors (Lipinski definition) is 0. The molecule has 0 atom stereocenters. The Morgan fingerprint density at radius 3 is 1.48 bits per heavy atom. The van der Waals surface area contributed by atoms with Crippen molar-refractivity contribution in [3.8, 4) is 0 Å². The normalized spacial score (nSPS) is 14.9. The molecule has 0 aliphatic heterocycles. The molecule has 2 aromatic carbocycles. The van der Waals surface area contributed by atoms with Gasteiger partial charge in [0.25, 0.3) is 0 Å². The van der Waals surface area contributed by atoms with Crippen LogP contribution in [0.1, 0.15) is 66.0 Å². The molecule has 0 unspecified atom stereocenters. The predicted octanol–water partition coefficient (Wildman–Crippen LogP) is 6.92. The van der Waals surface area contributed by atoms with Gasteiger partial charge in [0.15, 0.2) is 0 Å². The molecule has 2 aliphatic carbocycles. The minimum absolute atomic E-state index is 1.32. The molecule has 0 saturated carbocycles. The standard InChI is InChI=1S/2C10H13.C2H4.2ClH.Zr/c2*1-8-6-9-4-2-3-5-10(9)7-8;1-2;;;/h2*6-7H,2-5H2,1H3;1H,2H3;2*1H;/q2*-1;;;;+2/p-2. The zero-order valence-corrected chi connectivity index (χ0v) is 19.8. The molecule has 2 aromatic rings. The van der Waals surface area contributed by atoms with Crippen molar-refractivity contribution in [1.82, 2.24) is 0 Å². The van der Waals surface area contributed by atoms with Crippen LogP contribution in [-0.2, 0) is 44.6 Å². The number of hydrogen-bond acceptors (Lipinski definition) is 0. The first kappa shape index (κ1) is 21.3. The zero-order chi connectivity index (χ0) is 18.2. The van der Waals surface area contributed by atoms with E-state index < -0.39 is 18.9 Å². The summed E-state index contributed by atoms with van der Waals surface area (Å²) in [4.78, 5) is 0. The van der Waals surface area contributed by atoms with Crippen molar-refractivity contribution in [3.05, 3.63) is 57.6 Å². The maximum atomic E-state index is 5.37. The third-order valence-electron chi connectivity index (χ3n) is 4.94. The molecule has 3 heteroatoms. The fourth-order valence-electron chi connectivity index (χ4n) is 3.75. The van der Waals surface area contributed by atoms with E-state index in [1.165, 1.54) is 62.5 Å². The second-order valence-electron chi connectivity index (χ2n) is 7.16. The van der Waals surface area contributed by atoms with Gasteiger partial charge in [0, 0.05) is 0 Å². The van der Waals surface area contributed by atoms with Gasteiger partial charge in [0.1, 0.15) is 0 Å². The summed E-state index contributed by atoms with van der Waals surface area (Å²) in [5.74, 6) is 0. The molecule has 0 saturated heterocycles. The number of rotatable bonds is 0. The van der Waals surface area contributed by atoms with Crippen molar-refractivity contribution in [2.24, 2.45) is 0 Å². The van der Waals surface area contributed by atoms with Crippen molar-refractivity contribution in [3.63, 3.8) is 0 Å². The van der Waals surface area contributed by atoms with Gasteiger partial charge in [-0.15, -0.1) is 0 Å². The molecule has 0 radical (unpaired) electrons. The Morgan fingerprint density at radius 1 is 0.800 bits per heavy atom. The van der Waals surface area contributed by atoms with Crippen LogP contribution in [0.25, 0.3) is 0 Å². The minimum Gasteiger partial charge on any atom is -0.207 e. The summed E-state index contributed by atoms with van der Waals surface area (Å²) < 4.78 is 1.89. The smallest absolute Gasteiger partial charge is 0.0512 e. The van der Waals surface area contributed by atoms with Crippen molar-refractivity contribution >= 4 is 20.7 Å². The molecule has 0 aromatic heterocycles. The van der Waals surface area contributed by atoms with Crippen molar-refractivity contribution in [2.75, 3.05) is 0 Å². The second kappa shape index (κ2) is 11.0. The molecule has 0 nitrogen and oxygen atoms in total. The Hall–Kier alpha value is 0.0331. The maximum Gasteiger partial charge on any atom is -0.0512 e. The topological polar surface area (TPSA) is 0 Å². The van der Waals surface area contributed by atoms with Crippen molar-refractivity contribution in [1.29, 1.82) is 0 Å². The first-order chi connectivity index (χ1) is 12.0. The minimum atomic E-state index is -1.76. The Balaban J connectivity index is 0.000000144. The summed E-state index contributed by atoms with van der Waals surface area (Å²) in [7, 11) is 10.7. The molecule has 0 N–H and O–H groups in total. The SMILES string of the molecule is C[CH]=[Zr]([Cl])[Cl].Cc1cc2c([cH-]1)CCCC2.Cc1cc2c([cH-]1)CCCC2. The van der Waals surface area contributed by atoms with Crippen LogP contribution in [0.5, 0.6) is 0 Å². The van der Waals surface area contributed by atoms with Gasteiger partial charge in [-0.25, -0.2) is 12.1 Å². The molecule has 25 heavy (non-hydrogen) atoms. The third kappa shape index (κ3) is 7.28. The molecular formula is C22H30Cl2Zr-2. The Labute approximate surface area is 168 Å². The van der Waals surface area contributed by atoms with Crippen LogP contribution in [0.2, 0.25) is 0 Å². The predicted molar refractivity (Wildman–Crippen MR) is 110 cm³/mol. The average Bonchev–Trinajstić information content (AvgIpc) is 3.16. The first-order valence-corrected chi connectivity index (χ1v) is 17.2. The van der Waals surface area contributed by atoms with E-state index in [4.69, 9.17) is 17.0 Å². The van der Waals surface area contributed by atoms with Gasteiger partial charge in [-0.05, 0) is 0 Å². The van der Waals surface area contributed by atoms with E-state index in [1.54, 1.807) is 22.3 Å². The number of aryl methyl sites for hydroxylation is 6. The van der Waals surface area contributed by atoms with Gasteiger partial charge in [0.05, 0.1) is 0 Å². The molecular weight excluding hydrogens is 426 g/mol. The molecule has 0 bridgehead atoms. The molecule has 0 heterocycles. The molecule has 0 spiro atoms. The molecule has 0 amide bonds. The van der Waals surface area contributed by atoms with Gasteiger partial charge in [-0.1, -0.05) is 65.2 Å². The van der Waals surface area contributed by atoms with Gasteiger partial charge in [0.2, 0.25) is 0 Å². The zero-order valence-electron chi connectivity index (χ0n) is 15.8. The van der Waals surface area contributed by atoms with E-state index in [0.717, 1.165) is 0 Å². The van der Waals surface area contributed by atoms with Gasteiger partial charge < -0.3 is 0 Å². The first-order valence-electron chi connectivity index (χ1n) is 9.47. The van der Waals surface area contributed by atoms with Crippen LogP contribution < -0.4 is 0 Å². The fraction of sp³-hybridized carbons (Fsp3) is 0.500. The maximum absolute atomic E-state index is 5.37. The van der Waals surface area contributed by atoms with E-state index in [-0.39, 0.29) is 0 Å². The third-order valence-corrected chi connectivity index (χ3v) is 8.59. The molecule has 0 fully saturated rings. The van der Waals surface area contributed by atoms with E-state index in [9.17, 15) is 0 Å². The van der Waals surface area contributed by atoms with Crippen LogP contribution in [0, 0.1) is 13.8 Å². The Bertz CT molecular complexity index is 588. The van der Waals surface area contributed by atoms with Crippen LogP contribution in [0.4, 0.5) is 0 Å². The average molecular weight is 457 g/mol. The summed E-state index contributed by atoms with van der Waals surface area (Å²) in [5.41, 5.74) is 9.36. The van der Waals surface area contributed by atoms with E-state index >= 15 is 0 Å². The van der Waals surface area contributed by atoms with Crippen LogP contribution in [-0.4, -0.2) is 3.71 Å². The Morgan fingerprint density at radius 2 is 1.16 bits per heavy atom. The van der Waals surface area contributed by atoms with Crippen LogP contribution >= 0.6 is 17.0 Å². The van der Waals surface area contributed by atoms with Gasteiger partial charge >= 0.3 is 46.5 Å². The number of halogens is 2. The summed E-state index contributed by atoms with van der Waals surface area (Å²) in [6, 6.07) is 9.37. The fourth-order valence-corrected chi connectivity index (χ4v) is 3.75. The van der Waals surface area contributed by atoms with E-state index in [1.807, 2.05) is 10.6 Å². The van der Waals surface area contributed by atoms with Crippen molar-refractivity contribution < 1.29 is 18.9 Å². The Kier molecular flexibility index (Phi) is 9.39. The van der Waals surface area contributed by atoms with Crippen LogP contribution in [0.3, 0.4) is 0 Å². The van der Waals surface area contributed by atoms with E-state index in [0.29, 0.717) is 0 Å². The largest absolute Gasteiger partial charge is 0.207 e. The molecule has 2 aliphatic rings. The summed E-state index contributed by atoms with van der Waals surface area (Å²) >= 11 is -1.76. The van der Waals surface area contributed by atoms with Gasteiger partial charge in [-0.3, -0.25) is 0 Å².